The number of halogens is 1. The second-order valence-electron chi connectivity index (χ2n) is 5.13. The Morgan fingerprint density at radius 3 is 2.89 bits per heavy atom. The molecule has 0 bridgehead atoms. The molecule has 2 rings (SSSR count). The van der Waals surface area contributed by atoms with Crippen LogP contribution in [-0.4, -0.2) is 17.7 Å². The van der Waals surface area contributed by atoms with Crippen molar-refractivity contribution in [3.8, 4) is 0 Å². The highest BCUT2D eigenvalue weighted by molar-refractivity contribution is 9.10. The molecule has 0 saturated heterocycles. The van der Waals surface area contributed by atoms with E-state index in [1.165, 1.54) is 21.8 Å². The van der Waals surface area contributed by atoms with E-state index in [9.17, 15) is 0 Å². The number of nitrogens with one attached hydrogen (secondary N) is 1. The number of benzene rings is 1. The fraction of sp³-hybridized carbons (Fsp3) is 0.467. The van der Waals surface area contributed by atoms with Crippen LogP contribution in [0.5, 0.6) is 0 Å². The maximum absolute atomic E-state index is 3.59. The summed E-state index contributed by atoms with van der Waals surface area (Å²) in [6, 6.07) is 8.55. The van der Waals surface area contributed by atoms with Gasteiger partial charge in [0.2, 0.25) is 0 Å². The van der Waals surface area contributed by atoms with Crippen LogP contribution in [0.2, 0.25) is 0 Å². The molecule has 0 aliphatic rings. The van der Waals surface area contributed by atoms with E-state index in [-0.39, 0.29) is 0 Å². The second kappa shape index (κ2) is 6.39. The lowest BCUT2D eigenvalue weighted by Crippen LogP contribution is -2.21. The molecule has 1 aromatic carbocycles. The van der Waals surface area contributed by atoms with Crippen LogP contribution >= 0.6 is 15.9 Å². The zero-order valence-electron chi connectivity index (χ0n) is 11.1. The zero-order chi connectivity index (χ0) is 13.0. The lowest BCUT2D eigenvalue weighted by atomic mass is 10.2. The average molecular weight is 309 g/mol. The van der Waals surface area contributed by atoms with Crippen LogP contribution in [0.4, 0.5) is 0 Å². The maximum Gasteiger partial charge on any atom is 0.0491 e. The Bertz CT molecular complexity index is 502. The van der Waals surface area contributed by atoms with E-state index in [0.29, 0.717) is 0 Å². The quantitative estimate of drug-likeness (QED) is 0.797. The molecule has 0 aliphatic carbocycles. The molecule has 0 unspecified atom stereocenters. The number of rotatable bonds is 6. The van der Waals surface area contributed by atoms with Gasteiger partial charge in [0.15, 0.2) is 0 Å². The molecule has 0 atom stereocenters. The van der Waals surface area contributed by atoms with Gasteiger partial charge < -0.3 is 9.88 Å². The van der Waals surface area contributed by atoms with Crippen molar-refractivity contribution < 1.29 is 0 Å². The van der Waals surface area contributed by atoms with Crippen molar-refractivity contribution in [2.75, 3.05) is 13.1 Å². The molecule has 98 valence electrons. The molecule has 2 aromatic rings. The molecule has 0 spiro atoms. The Balaban J connectivity index is 1.90. The van der Waals surface area contributed by atoms with E-state index in [2.05, 4.69) is 70.1 Å². The van der Waals surface area contributed by atoms with Crippen LogP contribution in [-0.2, 0) is 6.54 Å². The van der Waals surface area contributed by atoms with E-state index < -0.39 is 0 Å². The lowest BCUT2D eigenvalue weighted by molar-refractivity contribution is 0.525. The molecular weight excluding hydrogens is 288 g/mol. The number of aryl methyl sites for hydroxylation is 1. The van der Waals surface area contributed by atoms with E-state index in [4.69, 9.17) is 0 Å². The summed E-state index contributed by atoms with van der Waals surface area (Å²) in [7, 11) is 0. The lowest BCUT2D eigenvalue weighted by Gasteiger charge is -2.08. The van der Waals surface area contributed by atoms with Gasteiger partial charge in [0.25, 0.3) is 0 Å². The van der Waals surface area contributed by atoms with Crippen molar-refractivity contribution in [3.05, 3.63) is 34.9 Å². The van der Waals surface area contributed by atoms with Crippen molar-refractivity contribution in [1.82, 2.24) is 9.88 Å². The Morgan fingerprint density at radius 1 is 1.28 bits per heavy atom. The van der Waals surface area contributed by atoms with Gasteiger partial charge in [0, 0.05) is 28.1 Å². The molecule has 0 saturated carbocycles. The van der Waals surface area contributed by atoms with Crippen molar-refractivity contribution in [2.24, 2.45) is 5.92 Å². The number of hydrogen-bond donors (Lipinski definition) is 1. The van der Waals surface area contributed by atoms with Crippen molar-refractivity contribution >= 4 is 26.8 Å². The maximum atomic E-state index is 3.59. The minimum atomic E-state index is 0.730. The first-order valence-corrected chi connectivity index (χ1v) is 7.42. The Kier molecular flexibility index (Phi) is 4.84. The second-order valence-corrected chi connectivity index (χ2v) is 5.99. The molecule has 0 amide bonds. The van der Waals surface area contributed by atoms with Gasteiger partial charge in [0.1, 0.15) is 0 Å². The van der Waals surface area contributed by atoms with Crippen LogP contribution in [0.1, 0.15) is 20.3 Å². The van der Waals surface area contributed by atoms with E-state index >= 15 is 0 Å². The Labute approximate surface area is 118 Å². The summed E-state index contributed by atoms with van der Waals surface area (Å²) in [6.07, 6.45) is 3.35. The predicted octanol–water partition coefficient (Wildman–Crippen LogP) is 4.04. The fourth-order valence-corrected chi connectivity index (χ4v) is 2.63. The summed E-state index contributed by atoms with van der Waals surface area (Å²) >= 11 is 3.59. The minimum Gasteiger partial charge on any atom is -0.347 e. The minimum absolute atomic E-state index is 0.730. The van der Waals surface area contributed by atoms with Gasteiger partial charge in [-0.05, 0) is 43.6 Å². The van der Waals surface area contributed by atoms with Crippen molar-refractivity contribution in [3.63, 3.8) is 0 Å². The van der Waals surface area contributed by atoms with Crippen LogP contribution in [0.3, 0.4) is 0 Å². The normalized spacial score (nSPS) is 11.6. The van der Waals surface area contributed by atoms with Gasteiger partial charge in [-0.25, -0.2) is 0 Å². The number of fused-ring (bicyclic) bond motifs is 1. The van der Waals surface area contributed by atoms with Crippen molar-refractivity contribution in [2.45, 2.75) is 26.8 Å². The summed E-state index contributed by atoms with van der Waals surface area (Å²) in [6.45, 7) is 7.75. The molecular formula is C15H21BrN2. The van der Waals surface area contributed by atoms with Crippen LogP contribution in [0.25, 0.3) is 10.9 Å². The van der Waals surface area contributed by atoms with Gasteiger partial charge in [-0.2, -0.15) is 0 Å². The third kappa shape index (κ3) is 3.36. The Hall–Kier alpha value is -0.800. The smallest absolute Gasteiger partial charge is 0.0491 e. The number of aromatic nitrogens is 1. The third-order valence-electron chi connectivity index (χ3n) is 3.07. The topological polar surface area (TPSA) is 17.0 Å². The summed E-state index contributed by atoms with van der Waals surface area (Å²) in [5.41, 5.74) is 1.31. The van der Waals surface area contributed by atoms with Crippen LogP contribution in [0.15, 0.2) is 34.9 Å². The highest BCUT2D eigenvalue weighted by Crippen LogP contribution is 2.24. The molecule has 18 heavy (non-hydrogen) atoms. The van der Waals surface area contributed by atoms with Crippen LogP contribution < -0.4 is 5.32 Å². The first-order chi connectivity index (χ1) is 8.68. The van der Waals surface area contributed by atoms with Gasteiger partial charge in [-0.15, -0.1) is 0 Å². The molecule has 1 heterocycles. The SMILES string of the molecule is CC(C)CNCCCn1ccc2c(Br)cccc21. The predicted molar refractivity (Wildman–Crippen MR) is 82.0 cm³/mol. The average Bonchev–Trinajstić information content (AvgIpc) is 2.73. The Morgan fingerprint density at radius 2 is 2.11 bits per heavy atom. The molecule has 2 nitrogen and oxygen atoms in total. The number of nitrogens with zero attached hydrogens (tertiary/aromatic N) is 1. The van der Waals surface area contributed by atoms with Gasteiger partial charge in [0.05, 0.1) is 0 Å². The molecule has 1 N–H and O–H groups in total. The summed E-state index contributed by atoms with van der Waals surface area (Å²) in [4.78, 5) is 0. The van der Waals surface area contributed by atoms with Gasteiger partial charge in [-0.1, -0.05) is 35.8 Å². The summed E-state index contributed by atoms with van der Waals surface area (Å²) in [5.74, 6) is 0.730. The first-order valence-electron chi connectivity index (χ1n) is 6.62. The largest absolute Gasteiger partial charge is 0.347 e. The third-order valence-corrected chi connectivity index (χ3v) is 3.76. The van der Waals surface area contributed by atoms with Gasteiger partial charge >= 0.3 is 0 Å². The monoisotopic (exact) mass is 308 g/mol. The van der Waals surface area contributed by atoms with Gasteiger partial charge in [-0.3, -0.25) is 0 Å². The van der Waals surface area contributed by atoms with E-state index in [1.807, 2.05) is 0 Å². The summed E-state index contributed by atoms with van der Waals surface area (Å²) < 4.78 is 3.51. The molecule has 0 fully saturated rings. The highest BCUT2D eigenvalue weighted by Gasteiger charge is 2.03. The fourth-order valence-electron chi connectivity index (χ4n) is 2.15. The standard InChI is InChI=1S/C15H21BrN2/c1-12(2)11-17-8-4-9-18-10-7-13-14(16)5-3-6-15(13)18/h3,5-7,10,12,17H,4,8-9,11H2,1-2H3. The zero-order valence-corrected chi connectivity index (χ0v) is 12.7. The first kappa shape index (κ1) is 13.6. The van der Waals surface area contributed by atoms with E-state index in [1.54, 1.807) is 0 Å². The van der Waals surface area contributed by atoms with Crippen LogP contribution in [0, 0.1) is 5.92 Å². The van der Waals surface area contributed by atoms with E-state index in [0.717, 1.165) is 25.6 Å². The molecule has 3 heteroatoms. The number of hydrogen-bond acceptors (Lipinski definition) is 1. The molecule has 1 aromatic heterocycles. The molecule has 0 aliphatic heterocycles. The molecule has 0 radical (unpaired) electrons. The summed E-state index contributed by atoms with van der Waals surface area (Å²) in [5, 5.41) is 4.78. The highest BCUT2D eigenvalue weighted by atomic mass is 79.9. The van der Waals surface area contributed by atoms with Crippen molar-refractivity contribution in [1.29, 1.82) is 0 Å².